The van der Waals surface area contributed by atoms with Crippen molar-refractivity contribution < 1.29 is 9.53 Å². The molecule has 2 rings (SSSR count). The Labute approximate surface area is 127 Å². The number of hydrogen-bond donors (Lipinski definition) is 1. The average molecular weight is 290 g/mol. The number of esters is 1. The van der Waals surface area contributed by atoms with Crippen LogP contribution in [0.4, 0.5) is 0 Å². The molecule has 1 N–H and O–H groups in total. The molecule has 21 heavy (non-hydrogen) atoms. The van der Waals surface area contributed by atoms with E-state index in [1.165, 1.54) is 20.0 Å². The van der Waals surface area contributed by atoms with Gasteiger partial charge in [0.15, 0.2) is 0 Å². The van der Waals surface area contributed by atoms with Gasteiger partial charge >= 0.3 is 5.97 Å². The van der Waals surface area contributed by atoms with Crippen LogP contribution in [0.3, 0.4) is 0 Å². The first-order valence-corrected chi connectivity index (χ1v) is 7.72. The second-order valence-corrected chi connectivity index (χ2v) is 5.90. The number of benzene rings is 1. The van der Waals surface area contributed by atoms with Crippen LogP contribution in [-0.2, 0) is 9.53 Å². The Bertz CT molecular complexity index is 430. The molecule has 1 heterocycles. The van der Waals surface area contributed by atoms with Crippen LogP contribution in [-0.4, -0.2) is 51.2 Å². The van der Waals surface area contributed by atoms with Gasteiger partial charge in [-0.2, -0.15) is 0 Å². The number of carbonyl (C=O) groups is 1. The van der Waals surface area contributed by atoms with Crippen LogP contribution in [0.1, 0.15) is 24.3 Å². The Morgan fingerprint density at radius 3 is 2.62 bits per heavy atom. The maximum absolute atomic E-state index is 12.1. The topological polar surface area (TPSA) is 41.6 Å². The minimum atomic E-state index is -0.206. The van der Waals surface area contributed by atoms with Crippen molar-refractivity contribution in [1.82, 2.24) is 10.2 Å². The third-order valence-electron chi connectivity index (χ3n) is 4.21. The van der Waals surface area contributed by atoms with Gasteiger partial charge in [0.1, 0.15) is 0 Å². The van der Waals surface area contributed by atoms with Crippen molar-refractivity contribution in [3.05, 3.63) is 35.9 Å². The molecule has 116 valence electrons. The quantitative estimate of drug-likeness (QED) is 0.812. The van der Waals surface area contributed by atoms with Crippen LogP contribution in [0.2, 0.25) is 0 Å². The first-order chi connectivity index (χ1) is 10.2. The smallest absolute Gasteiger partial charge is 0.314 e. The van der Waals surface area contributed by atoms with Gasteiger partial charge in [-0.3, -0.25) is 4.79 Å². The molecule has 0 bridgehead atoms. The molecular weight excluding hydrogens is 264 g/mol. The highest BCUT2D eigenvalue weighted by Crippen LogP contribution is 2.20. The summed E-state index contributed by atoms with van der Waals surface area (Å²) in [4.78, 5) is 14.3. The molecule has 0 saturated carbocycles. The van der Waals surface area contributed by atoms with Crippen LogP contribution >= 0.6 is 0 Å². The molecule has 1 saturated heterocycles. The van der Waals surface area contributed by atoms with E-state index in [1.807, 2.05) is 30.3 Å². The van der Waals surface area contributed by atoms with Crippen molar-refractivity contribution in [3.8, 4) is 0 Å². The van der Waals surface area contributed by atoms with Crippen molar-refractivity contribution >= 4 is 5.97 Å². The van der Waals surface area contributed by atoms with E-state index in [9.17, 15) is 4.79 Å². The van der Waals surface area contributed by atoms with Crippen LogP contribution in [0, 0.1) is 5.92 Å². The van der Waals surface area contributed by atoms with E-state index in [-0.39, 0.29) is 11.9 Å². The van der Waals surface area contributed by atoms with Gasteiger partial charge in [-0.1, -0.05) is 30.3 Å². The zero-order valence-corrected chi connectivity index (χ0v) is 13.0. The maximum atomic E-state index is 12.1. The fraction of sp³-hybridized carbons (Fsp3) is 0.588. The fourth-order valence-electron chi connectivity index (χ4n) is 3.03. The summed E-state index contributed by atoms with van der Waals surface area (Å²) in [7, 11) is 3.56. The Morgan fingerprint density at radius 1 is 1.33 bits per heavy atom. The standard InChI is InChI=1S/C17H26N2O2/c1-19(12-14-8-10-18-11-9-14)13-16(17(20)21-2)15-6-4-3-5-7-15/h3-7,14,16,18H,8-13H2,1-2H3. The van der Waals surface area contributed by atoms with Gasteiger partial charge in [-0.05, 0) is 44.5 Å². The Morgan fingerprint density at radius 2 is 2.00 bits per heavy atom. The number of carbonyl (C=O) groups excluding carboxylic acids is 1. The maximum Gasteiger partial charge on any atom is 0.314 e. The summed E-state index contributed by atoms with van der Waals surface area (Å²) >= 11 is 0. The van der Waals surface area contributed by atoms with E-state index in [0.717, 1.165) is 31.1 Å². The van der Waals surface area contributed by atoms with Gasteiger partial charge in [0.05, 0.1) is 13.0 Å². The third kappa shape index (κ3) is 4.83. The highest BCUT2D eigenvalue weighted by molar-refractivity contribution is 5.78. The number of hydrogen-bond acceptors (Lipinski definition) is 4. The molecule has 1 fully saturated rings. The zero-order valence-electron chi connectivity index (χ0n) is 13.0. The van der Waals surface area contributed by atoms with Gasteiger partial charge < -0.3 is 15.0 Å². The fourth-order valence-corrected chi connectivity index (χ4v) is 3.03. The molecule has 1 aromatic carbocycles. The first kappa shape index (κ1) is 16.0. The Hall–Kier alpha value is -1.39. The SMILES string of the molecule is COC(=O)C(CN(C)CC1CCNCC1)c1ccccc1. The number of nitrogens with one attached hydrogen (secondary N) is 1. The number of piperidine rings is 1. The lowest BCUT2D eigenvalue weighted by molar-refractivity contribution is -0.142. The number of methoxy groups -OCH3 is 1. The third-order valence-corrected chi connectivity index (χ3v) is 4.21. The summed E-state index contributed by atoms with van der Waals surface area (Å²) < 4.78 is 4.98. The number of nitrogens with zero attached hydrogens (tertiary/aromatic N) is 1. The molecule has 4 heteroatoms. The van der Waals surface area contributed by atoms with E-state index < -0.39 is 0 Å². The van der Waals surface area contributed by atoms with Crippen molar-refractivity contribution in [3.63, 3.8) is 0 Å². The first-order valence-electron chi connectivity index (χ1n) is 7.72. The van der Waals surface area contributed by atoms with Gasteiger partial charge in [-0.25, -0.2) is 0 Å². The molecule has 0 amide bonds. The molecule has 0 aromatic heterocycles. The Balaban J connectivity index is 1.96. The van der Waals surface area contributed by atoms with Crippen LogP contribution in [0.15, 0.2) is 30.3 Å². The molecule has 0 radical (unpaired) electrons. The second-order valence-electron chi connectivity index (χ2n) is 5.90. The highest BCUT2D eigenvalue weighted by atomic mass is 16.5. The van der Waals surface area contributed by atoms with E-state index >= 15 is 0 Å². The molecule has 1 unspecified atom stereocenters. The molecule has 4 nitrogen and oxygen atoms in total. The molecule has 1 aromatic rings. The number of ether oxygens (including phenoxy) is 1. The van der Waals surface area contributed by atoms with E-state index in [2.05, 4.69) is 17.3 Å². The largest absolute Gasteiger partial charge is 0.469 e. The zero-order chi connectivity index (χ0) is 15.1. The predicted molar refractivity (Wildman–Crippen MR) is 84.3 cm³/mol. The summed E-state index contributed by atoms with van der Waals surface area (Å²) in [6.07, 6.45) is 2.44. The van der Waals surface area contributed by atoms with Crippen molar-refractivity contribution in [1.29, 1.82) is 0 Å². The van der Waals surface area contributed by atoms with Crippen molar-refractivity contribution in [2.45, 2.75) is 18.8 Å². The van der Waals surface area contributed by atoms with E-state index in [0.29, 0.717) is 6.54 Å². The van der Waals surface area contributed by atoms with Crippen molar-refractivity contribution in [2.24, 2.45) is 5.92 Å². The summed E-state index contributed by atoms with van der Waals surface area (Å²) in [6.45, 7) is 3.97. The number of rotatable bonds is 6. The lowest BCUT2D eigenvalue weighted by atomic mass is 9.95. The van der Waals surface area contributed by atoms with Gasteiger partial charge in [0, 0.05) is 13.1 Å². The lowest BCUT2D eigenvalue weighted by Crippen LogP contribution is -2.37. The molecule has 1 aliphatic rings. The summed E-state index contributed by atoms with van der Waals surface area (Å²) in [5.41, 5.74) is 1.03. The minimum absolute atomic E-state index is 0.154. The molecule has 1 atom stereocenters. The summed E-state index contributed by atoms with van der Waals surface area (Å²) in [5, 5.41) is 3.39. The minimum Gasteiger partial charge on any atom is -0.469 e. The molecule has 1 aliphatic heterocycles. The van der Waals surface area contributed by atoms with Gasteiger partial charge in [0.25, 0.3) is 0 Å². The summed E-state index contributed by atoms with van der Waals surface area (Å²) in [5.74, 6) is 0.367. The van der Waals surface area contributed by atoms with Gasteiger partial charge in [0.2, 0.25) is 0 Å². The van der Waals surface area contributed by atoms with Crippen molar-refractivity contribution in [2.75, 3.05) is 40.3 Å². The molecule has 0 spiro atoms. The number of likely N-dealkylation sites (N-methyl/N-ethyl adjacent to an activating group) is 1. The lowest BCUT2D eigenvalue weighted by Gasteiger charge is -2.29. The van der Waals surface area contributed by atoms with Crippen LogP contribution < -0.4 is 5.32 Å². The normalized spacial score (nSPS) is 17.7. The van der Waals surface area contributed by atoms with E-state index in [1.54, 1.807) is 0 Å². The molecule has 0 aliphatic carbocycles. The molecular formula is C17H26N2O2. The second kappa shape index (κ2) is 8.15. The highest BCUT2D eigenvalue weighted by Gasteiger charge is 2.24. The van der Waals surface area contributed by atoms with E-state index in [4.69, 9.17) is 4.74 Å². The van der Waals surface area contributed by atoms with Crippen LogP contribution in [0.25, 0.3) is 0 Å². The monoisotopic (exact) mass is 290 g/mol. The average Bonchev–Trinajstić information content (AvgIpc) is 2.53. The predicted octanol–water partition coefficient (Wildman–Crippen LogP) is 1.87. The van der Waals surface area contributed by atoms with Gasteiger partial charge in [-0.15, -0.1) is 0 Å². The van der Waals surface area contributed by atoms with Crippen LogP contribution in [0.5, 0.6) is 0 Å². The Kier molecular flexibility index (Phi) is 6.21. The summed E-state index contributed by atoms with van der Waals surface area (Å²) in [6, 6.07) is 9.91.